The van der Waals surface area contributed by atoms with Gasteiger partial charge in [-0.05, 0) is 43.0 Å². The number of aryl methyl sites for hydroxylation is 2. The van der Waals surface area contributed by atoms with Gasteiger partial charge in [0, 0.05) is 12.1 Å². The van der Waals surface area contributed by atoms with Crippen molar-refractivity contribution in [3.63, 3.8) is 0 Å². The van der Waals surface area contributed by atoms with Crippen LogP contribution in [0.3, 0.4) is 0 Å². The smallest absolute Gasteiger partial charge is 0.251 e. The molecule has 0 aliphatic carbocycles. The number of hydrogen-bond acceptors (Lipinski definition) is 2. The molecule has 3 nitrogen and oxygen atoms in total. The van der Waals surface area contributed by atoms with Crippen LogP contribution < -0.4 is 10.1 Å². The largest absolute Gasteiger partial charge is 0.496 e. The Morgan fingerprint density at radius 3 is 2.47 bits per heavy atom. The molecule has 0 unspecified atom stereocenters. The van der Waals surface area contributed by atoms with Crippen molar-refractivity contribution in [2.75, 3.05) is 13.7 Å². The summed E-state index contributed by atoms with van der Waals surface area (Å²) < 4.78 is 5.23. The molecule has 0 radical (unpaired) electrons. The third-order valence-electron chi connectivity index (χ3n) is 2.66. The maximum Gasteiger partial charge on any atom is 0.251 e. The second-order valence-corrected chi connectivity index (χ2v) is 4.74. The Morgan fingerprint density at radius 1 is 1.29 bits per heavy atom. The van der Waals surface area contributed by atoms with Crippen LogP contribution in [0, 0.1) is 19.8 Å². The summed E-state index contributed by atoms with van der Waals surface area (Å²) >= 11 is 0. The number of carbonyl (C=O) groups excluding carboxylic acids is 1. The van der Waals surface area contributed by atoms with Crippen molar-refractivity contribution in [1.82, 2.24) is 5.32 Å². The zero-order valence-electron chi connectivity index (χ0n) is 11.3. The number of methoxy groups -OCH3 is 1. The lowest BCUT2D eigenvalue weighted by molar-refractivity contribution is 0.0948. The van der Waals surface area contributed by atoms with Gasteiger partial charge in [0.2, 0.25) is 0 Å². The van der Waals surface area contributed by atoms with Gasteiger partial charge in [-0.2, -0.15) is 0 Å². The molecule has 1 aromatic carbocycles. The fourth-order valence-electron chi connectivity index (χ4n) is 1.65. The van der Waals surface area contributed by atoms with Gasteiger partial charge in [0.15, 0.2) is 0 Å². The molecule has 0 fully saturated rings. The lowest BCUT2D eigenvalue weighted by atomic mass is 10.0. The summed E-state index contributed by atoms with van der Waals surface area (Å²) in [6, 6.07) is 3.78. The van der Waals surface area contributed by atoms with Crippen LogP contribution in [-0.2, 0) is 0 Å². The van der Waals surface area contributed by atoms with E-state index in [4.69, 9.17) is 4.74 Å². The Kier molecular flexibility index (Phi) is 4.55. The minimum absolute atomic E-state index is 0.0121. The molecule has 17 heavy (non-hydrogen) atoms. The molecule has 0 aliphatic rings. The Hall–Kier alpha value is -1.51. The van der Waals surface area contributed by atoms with Crippen molar-refractivity contribution < 1.29 is 9.53 Å². The molecule has 0 heterocycles. The lowest BCUT2D eigenvalue weighted by Crippen LogP contribution is -2.28. The Balaban J connectivity index is 2.91. The van der Waals surface area contributed by atoms with Crippen LogP contribution in [0.15, 0.2) is 12.1 Å². The summed E-state index contributed by atoms with van der Waals surface area (Å²) in [6.45, 7) is 8.71. The van der Waals surface area contributed by atoms with Crippen LogP contribution in [0.1, 0.15) is 35.3 Å². The van der Waals surface area contributed by atoms with Gasteiger partial charge in [-0.1, -0.05) is 13.8 Å². The minimum atomic E-state index is -0.0121. The first kappa shape index (κ1) is 13.6. The molecule has 94 valence electrons. The summed E-state index contributed by atoms with van der Waals surface area (Å²) in [5.74, 6) is 1.27. The summed E-state index contributed by atoms with van der Waals surface area (Å²) in [7, 11) is 1.64. The van der Waals surface area contributed by atoms with Gasteiger partial charge in [-0.3, -0.25) is 4.79 Å². The summed E-state index contributed by atoms with van der Waals surface area (Å²) in [4.78, 5) is 12.0. The fourth-order valence-corrected chi connectivity index (χ4v) is 1.65. The molecule has 0 saturated heterocycles. The molecule has 3 heteroatoms. The molecule has 0 spiro atoms. The van der Waals surface area contributed by atoms with E-state index in [1.807, 2.05) is 26.0 Å². The number of hydrogen-bond donors (Lipinski definition) is 1. The van der Waals surface area contributed by atoms with E-state index in [1.54, 1.807) is 7.11 Å². The van der Waals surface area contributed by atoms with Crippen LogP contribution >= 0.6 is 0 Å². The van der Waals surface area contributed by atoms with Gasteiger partial charge < -0.3 is 10.1 Å². The van der Waals surface area contributed by atoms with Gasteiger partial charge in [0.1, 0.15) is 5.75 Å². The SMILES string of the molecule is COc1cc(C)c(C(=O)NCC(C)C)cc1C. The van der Waals surface area contributed by atoms with Crippen LogP contribution in [0.25, 0.3) is 0 Å². The average Bonchev–Trinajstić information content (AvgIpc) is 2.28. The predicted molar refractivity (Wildman–Crippen MR) is 69.6 cm³/mol. The highest BCUT2D eigenvalue weighted by atomic mass is 16.5. The van der Waals surface area contributed by atoms with Crippen molar-refractivity contribution in [2.45, 2.75) is 27.7 Å². The van der Waals surface area contributed by atoms with Crippen LogP contribution in [-0.4, -0.2) is 19.6 Å². The van der Waals surface area contributed by atoms with Gasteiger partial charge in [0.05, 0.1) is 7.11 Å². The number of nitrogens with one attached hydrogen (secondary N) is 1. The van der Waals surface area contributed by atoms with Crippen molar-refractivity contribution in [3.05, 3.63) is 28.8 Å². The first-order valence-electron chi connectivity index (χ1n) is 5.89. The van der Waals surface area contributed by atoms with E-state index in [1.165, 1.54) is 0 Å². The van der Waals surface area contributed by atoms with E-state index in [0.717, 1.165) is 22.4 Å². The predicted octanol–water partition coefficient (Wildman–Crippen LogP) is 2.70. The van der Waals surface area contributed by atoms with E-state index in [0.29, 0.717) is 12.5 Å². The number of rotatable bonds is 4. The molecular formula is C14H21NO2. The van der Waals surface area contributed by atoms with E-state index < -0.39 is 0 Å². The van der Waals surface area contributed by atoms with Gasteiger partial charge in [0.25, 0.3) is 5.91 Å². The maximum atomic E-state index is 12.0. The number of carbonyl (C=O) groups is 1. The van der Waals surface area contributed by atoms with E-state index in [-0.39, 0.29) is 5.91 Å². The zero-order valence-corrected chi connectivity index (χ0v) is 11.3. The number of amides is 1. The molecule has 0 aliphatic heterocycles. The van der Waals surface area contributed by atoms with Crippen LogP contribution in [0.2, 0.25) is 0 Å². The average molecular weight is 235 g/mol. The summed E-state index contributed by atoms with van der Waals surface area (Å²) in [6.07, 6.45) is 0. The molecule has 0 saturated carbocycles. The second kappa shape index (κ2) is 5.71. The van der Waals surface area contributed by atoms with Crippen molar-refractivity contribution >= 4 is 5.91 Å². The quantitative estimate of drug-likeness (QED) is 0.871. The van der Waals surface area contributed by atoms with Crippen LogP contribution in [0.4, 0.5) is 0 Å². The first-order valence-corrected chi connectivity index (χ1v) is 5.89. The Bertz CT molecular complexity index is 411. The molecule has 1 rings (SSSR count). The topological polar surface area (TPSA) is 38.3 Å². The van der Waals surface area contributed by atoms with Crippen LogP contribution in [0.5, 0.6) is 5.75 Å². The van der Waals surface area contributed by atoms with Gasteiger partial charge in [-0.25, -0.2) is 0 Å². The minimum Gasteiger partial charge on any atom is -0.496 e. The fraction of sp³-hybridized carbons (Fsp3) is 0.500. The highest BCUT2D eigenvalue weighted by Gasteiger charge is 2.12. The lowest BCUT2D eigenvalue weighted by Gasteiger charge is -2.12. The van der Waals surface area contributed by atoms with E-state index >= 15 is 0 Å². The van der Waals surface area contributed by atoms with Crippen molar-refractivity contribution in [2.24, 2.45) is 5.92 Å². The first-order chi connectivity index (χ1) is 7.95. The molecule has 0 aromatic heterocycles. The van der Waals surface area contributed by atoms with Gasteiger partial charge >= 0.3 is 0 Å². The van der Waals surface area contributed by atoms with Crippen molar-refractivity contribution in [1.29, 1.82) is 0 Å². The molecule has 0 atom stereocenters. The molecule has 1 aromatic rings. The third-order valence-corrected chi connectivity index (χ3v) is 2.66. The molecular weight excluding hydrogens is 214 g/mol. The zero-order chi connectivity index (χ0) is 13.0. The monoisotopic (exact) mass is 235 g/mol. The Labute approximate surface area is 103 Å². The molecule has 1 N–H and O–H groups in total. The summed E-state index contributed by atoms with van der Waals surface area (Å²) in [5, 5.41) is 2.92. The van der Waals surface area contributed by atoms with E-state index in [9.17, 15) is 4.79 Å². The number of benzene rings is 1. The molecule has 0 bridgehead atoms. The van der Waals surface area contributed by atoms with E-state index in [2.05, 4.69) is 19.2 Å². The highest BCUT2D eigenvalue weighted by Crippen LogP contribution is 2.22. The highest BCUT2D eigenvalue weighted by molar-refractivity contribution is 5.96. The van der Waals surface area contributed by atoms with Crippen molar-refractivity contribution in [3.8, 4) is 5.75 Å². The summed E-state index contributed by atoms with van der Waals surface area (Å²) in [5.41, 5.74) is 2.64. The van der Waals surface area contributed by atoms with Gasteiger partial charge in [-0.15, -0.1) is 0 Å². The standard InChI is InChI=1S/C14H21NO2/c1-9(2)8-15-14(16)12-6-11(4)13(17-5)7-10(12)3/h6-7,9H,8H2,1-5H3,(H,15,16). The number of ether oxygens (including phenoxy) is 1. The molecule has 1 amide bonds. The third kappa shape index (κ3) is 3.48. The second-order valence-electron chi connectivity index (χ2n) is 4.74. The maximum absolute atomic E-state index is 12.0. The Morgan fingerprint density at radius 2 is 1.94 bits per heavy atom. The normalized spacial score (nSPS) is 10.5.